The molecule has 4 aromatic rings. The maximum absolute atomic E-state index is 12.4. The Hall–Kier alpha value is -5.00. The first kappa shape index (κ1) is 21.2. The van der Waals surface area contributed by atoms with Crippen LogP contribution in [-0.4, -0.2) is 44.6 Å². The Morgan fingerprint density at radius 1 is 0.758 bits per heavy atom. The molecule has 0 unspecified atom stereocenters. The zero-order valence-electron chi connectivity index (χ0n) is 16.4. The highest BCUT2D eigenvalue weighted by Gasteiger charge is 2.27. The van der Waals surface area contributed by atoms with Gasteiger partial charge in [0.2, 0.25) is 11.5 Å². The Morgan fingerprint density at radius 2 is 1.18 bits per heavy atom. The van der Waals surface area contributed by atoms with E-state index in [0.29, 0.717) is 0 Å². The molecule has 0 aliphatic rings. The van der Waals surface area contributed by atoms with Gasteiger partial charge in [0, 0.05) is 10.8 Å². The van der Waals surface area contributed by atoms with Gasteiger partial charge in [-0.05, 0) is 24.3 Å². The predicted molar refractivity (Wildman–Crippen MR) is 109 cm³/mol. The summed E-state index contributed by atoms with van der Waals surface area (Å²) in [6.07, 6.45) is 0. The minimum atomic E-state index is -1.57. The number of hydrogen-bond acceptors (Lipinski definition) is 11. The lowest BCUT2D eigenvalue weighted by Gasteiger charge is -2.14. The fraction of sp³-hybridized carbons (Fsp3) is 0.0476. The van der Waals surface area contributed by atoms with E-state index in [2.05, 4.69) is 9.15 Å². The van der Waals surface area contributed by atoms with Gasteiger partial charge in [-0.2, -0.15) is 0 Å². The summed E-state index contributed by atoms with van der Waals surface area (Å²) in [4.78, 5) is 47.4. The fourth-order valence-corrected chi connectivity index (χ4v) is 3.45. The van der Waals surface area contributed by atoms with Crippen molar-refractivity contribution in [1.29, 1.82) is 0 Å². The number of fused-ring (bicyclic) bond motifs is 2. The largest absolute Gasteiger partial charge is 0.507 e. The Balaban J connectivity index is 2.09. The van der Waals surface area contributed by atoms with Crippen molar-refractivity contribution in [2.24, 2.45) is 0 Å². The molecule has 0 spiro atoms. The van der Waals surface area contributed by atoms with Crippen LogP contribution >= 0.6 is 0 Å². The average molecular weight is 456 g/mol. The van der Waals surface area contributed by atoms with E-state index in [9.17, 15) is 39.6 Å². The minimum Gasteiger partial charge on any atom is -0.507 e. The second-order valence-corrected chi connectivity index (χ2v) is 6.76. The van der Waals surface area contributed by atoms with Crippen molar-refractivity contribution in [3.8, 4) is 34.1 Å². The van der Waals surface area contributed by atoms with Crippen LogP contribution in [0.4, 0.5) is 0 Å². The monoisotopic (exact) mass is 456 g/mol. The van der Waals surface area contributed by atoms with Crippen LogP contribution in [0.15, 0.2) is 42.7 Å². The van der Waals surface area contributed by atoms with Crippen molar-refractivity contribution in [3.63, 3.8) is 0 Å². The molecule has 2 aromatic heterocycles. The number of aromatic hydroxyl groups is 4. The van der Waals surface area contributed by atoms with Crippen molar-refractivity contribution < 1.29 is 48.7 Å². The number of benzene rings is 2. The molecule has 0 amide bonds. The molecule has 0 aliphatic carbocycles. The van der Waals surface area contributed by atoms with Crippen molar-refractivity contribution in [2.45, 2.75) is 0 Å². The van der Waals surface area contributed by atoms with E-state index in [1.54, 1.807) is 0 Å². The first-order chi connectivity index (χ1) is 15.5. The summed E-state index contributed by atoms with van der Waals surface area (Å²) in [6, 6.07) is 3.76. The first-order valence-electron chi connectivity index (χ1n) is 8.92. The molecule has 0 fully saturated rings. The number of esters is 1. The topological polar surface area (TPSA) is 205 Å². The number of carboxylic acids is 1. The zero-order chi connectivity index (χ0) is 24.2. The number of methoxy groups -OCH3 is 1. The number of phenolic OH excluding ortho intramolecular Hbond substituents is 4. The lowest BCUT2D eigenvalue weighted by molar-refractivity contribution is 0.0559. The van der Waals surface area contributed by atoms with Gasteiger partial charge < -0.3 is 39.1 Å². The summed E-state index contributed by atoms with van der Waals surface area (Å²) >= 11 is 0. The molecule has 4 rings (SSSR count). The van der Waals surface area contributed by atoms with Gasteiger partial charge >= 0.3 is 23.2 Å². The molecular weight excluding hydrogens is 444 g/mol. The molecule has 0 bridgehead atoms. The smallest absolute Gasteiger partial charge is 0.374 e. The van der Waals surface area contributed by atoms with E-state index in [1.165, 1.54) is 0 Å². The third kappa shape index (κ3) is 3.17. The number of carbonyl (C=O) groups is 2. The Morgan fingerprint density at radius 3 is 1.61 bits per heavy atom. The molecule has 0 aliphatic heterocycles. The van der Waals surface area contributed by atoms with Crippen LogP contribution in [0.25, 0.3) is 32.7 Å². The summed E-state index contributed by atoms with van der Waals surface area (Å²) in [5, 5.41) is 50.0. The van der Waals surface area contributed by atoms with E-state index < -0.39 is 79.6 Å². The molecule has 2 heterocycles. The first-order valence-corrected chi connectivity index (χ1v) is 8.92. The molecule has 0 atom stereocenters. The van der Waals surface area contributed by atoms with E-state index in [1.807, 2.05) is 0 Å². The van der Waals surface area contributed by atoms with Gasteiger partial charge in [-0.15, -0.1) is 0 Å². The lowest BCUT2D eigenvalue weighted by atomic mass is 9.95. The van der Waals surface area contributed by atoms with Crippen molar-refractivity contribution in [1.82, 2.24) is 0 Å². The number of carbonyl (C=O) groups excluding carboxylic acids is 1. The lowest BCUT2D eigenvalue weighted by Crippen LogP contribution is -2.09. The van der Waals surface area contributed by atoms with Gasteiger partial charge in [-0.3, -0.25) is 0 Å². The van der Waals surface area contributed by atoms with Gasteiger partial charge in [0.15, 0.2) is 0 Å². The molecule has 12 heteroatoms. The normalized spacial score (nSPS) is 11.1. The maximum atomic E-state index is 12.4. The fourth-order valence-electron chi connectivity index (χ4n) is 3.45. The molecule has 33 heavy (non-hydrogen) atoms. The van der Waals surface area contributed by atoms with Crippen molar-refractivity contribution >= 4 is 33.5 Å². The van der Waals surface area contributed by atoms with Crippen LogP contribution in [0.5, 0.6) is 23.0 Å². The Labute approximate surface area is 180 Å². The van der Waals surface area contributed by atoms with Crippen molar-refractivity contribution in [2.75, 3.05) is 7.11 Å². The van der Waals surface area contributed by atoms with Crippen LogP contribution in [-0.2, 0) is 4.74 Å². The second kappa shape index (κ2) is 7.30. The molecule has 0 saturated heterocycles. The Bertz CT molecular complexity index is 1620. The number of carboxylic acid groups (broad SMARTS) is 1. The van der Waals surface area contributed by atoms with E-state index in [4.69, 9.17) is 9.52 Å². The number of hydrogen-bond donors (Lipinski definition) is 5. The number of ether oxygens (including phenoxy) is 1. The molecule has 0 saturated carbocycles. The van der Waals surface area contributed by atoms with Crippen LogP contribution in [0.3, 0.4) is 0 Å². The molecular formula is C21H12O12. The third-order valence-electron chi connectivity index (χ3n) is 4.86. The molecule has 168 valence electrons. The van der Waals surface area contributed by atoms with Gasteiger partial charge in [0.25, 0.3) is 0 Å². The third-order valence-corrected chi connectivity index (χ3v) is 4.86. The van der Waals surface area contributed by atoms with Crippen LogP contribution < -0.4 is 11.3 Å². The van der Waals surface area contributed by atoms with Crippen LogP contribution in [0, 0.1) is 0 Å². The maximum Gasteiger partial charge on any atom is 0.374 e. The van der Waals surface area contributed by atoms with Gasteiger partial charge in [-0.1, -0.05) is 0 Å². The van der Waals surface area contributed by atoms with E-state index in [-0.39, 0.29) is 10.8 Å². The molecule has 5 N–H and O–H groups in total. The standard InChI is InChI=1S/C21H12O12/c1-31-19(28)11-5-7-3-9(23)15(17(25)13(7)21(30)33-11)14-8(22)2-6-4-10(18(26)27)32-20(29)12(6)16(14)24/h2-5,22-25H,1H3,(H,26,27). The Kier molecular flexibility index (Phi) is 4.70. The summed E-state index contributed by atoms with van der Waals surface area (Å²) in [5.41, 5.74) is -3.76. The summed E-state index contributed by atoms with van der Waals surface area (Å²) in [5.74, 6) is -7.25. The quantitative estimate of drug-likeness (QED) is 0.280. The van der Waals surface area contributed by atoms with Crippen LogP contribution in [0.1, 0.15) is 21.1 Å². The van der Waals surface area contributed by atoms with E-state index in [0.717, 1.165) is 31.4 Å². The predicted octanol–water partition coefficient (Wildman–Crippen LogP) is 1.87. The van der Waals surface area contributed by atoms with E-state index >= 15 is 0 Å². The van der Waals surface area contributed by atoms with Crippen molar-refractivity contribution in [3.05, 3.63) is 56.6 Å². The SMILES string of the molecule is COC(=O)c1cc2cc(O)c(-c3c(O)cc4cc(C(=O)O)oc(=O)c4c3O)c(O)c2c(=O)o1. The highest BCUT2D eigenvalue weighted by atomic mass is 16.5. The van der Waals surface area contributed by atoms with Gasteiger partial charge in [0.05, 0.1) is 18.2 Å². The van der Waals surface area contributed by atoms with Gasteiger partial charge in [0.1, 0.15) is 33.8 Å². The number of aromatic carboxylic acids is 1. The number of phenols is 4. The summed E-state index contributed by atoms with van der Waals surface area (Å²) in [6.45, 7) is 0. The highest BCUT2D eigenvalue weighted by Crippen LogP contribution is 2.50. The highest BCUT2D eigenvalue weighted by molar-refractivity contribution is 6.05. The van der Waals surface area contributed by atoms with Gasteiger partial charge in [-0.25, -0.2) is 19.2 Å². The second-order valence-electron chi connectivity index (χ2n) is 6.76. The molecule has 2 aromatic carbocycles. The minimum absolute atomic E-state index is 0.129. The average Bonchev–Trinajstić information content (AvgIpc) is 2.73. The van der Waals surface area contributed by atoms with Crippen LogP contribution in [0.2, 0.25) is 0 Å². The summed E-state index contributed by atoms with van der Waals surface area (Å²) in [7, 11) is 1.05. The number of rotatable bonds is 3. The summed E-state index contributed by atoms with van der Waals surface area (Å²) < 4.78 is 13.9. The zero-order valence-corrected chi connectivity index (χ0v) is 16.4. The molecule has 12 nitrogen and oxygen atoms in total. The molecule has 0 radical (unpaired) electrons.